The van der Waals surface area contributed by atoms with Crippen molar-refractivity contribution in [2.24, 2.45) is 0 Å². The topological polar surface area (TPSA) is 82.6 Å². The van der Waals surface area contributed by atoms with E-state index in [1.807, 2.05) is 42.7 Å². The quantitative estimate of drug-likeness (QED) is 0.451. The minimum absolute atomic E-state index is 0.259. The average molecular weight is 427 g/mol. The monoisotopic (exact) mass is 427 g/mol. The van der Waals surface area contributed by atoms with Crippen LogP contribution >= 0.6 is 0 Å². The van der Waals surface area contributed by atoms with Crippen molar-refractivity contribution in [1.82, 2.24) is 34.4 Å². The van der Waals surface area contributed by atoms with E-state index in [-0.39, 0.29) is 18.3 Å². The minimum Gasteiger partial charge on any atom is -0.348 e. The standard InChI is InChI=1S/C23H18FN7O/c24-18-6-8-19(9-7-18)31-23(29-12-1-2-13-29)20(16-28-31)22(32)26-15-17-5-3-10-25-21(17)30-14-4-11-27-30/h1-14,16H,15H2,(H,26,32). The van der Waals surface area contributed by atoms with Gasteiger partial charge in [-0.1, -0.05) is 6.07 Å². The van der Waals surface area contributed by atoms with Gasteiger partial charge >= 0.3 is 0 Å². The van der Waals surface area contributed by atoms with Crippen molar-refractivity contribution < 1.29 is 9.18 Å². The van der Waals surface area contributed by atoms with Crippen LogP contribution in [0.4, 0.5) is 4.39 Å². The zero-order valence-electron chi connectivity index (χ0n) is 16.8. The summed E-state index contributed by atoms with van der Waals surface area (Å²) in [6, 6.07) is 15.2. The highest BCUT2D eigenvalue weighted by molar-refractivity contribution is 5.97. The molecule has 0 saturated heterocycles. The Bertz CT molecular complexity index is 1340. The molecule has 0 bridgehead atoms. The number of nitrogens with zero attached hydrogens (tertiary/aromatic N) is 6. The van der Waals surface area contributed by atoms with Gasteiger partial charge in [-0.05, 0) is 48.5 Å². The number of halogens is 1. The zero-order valence-corrected chi connectivity index (χ0v) is 16.8. The first kappa shape index (κ1) is 19.4. The average Bonchev–Trinajstić information content (AvgIpc) is 3.59. The predicted molar refractivity (Wildman–Crippen MR) is 115 cm³/mol. The first-order valence-electron chi connectivity index (χ1n) is 9.90. The summed E-state index contributed by atoms with van der Waals surface area (Å²) in [6.45, 7) is 0.259. The van der Waals surface area contributed by atoms with E-state index in [9.17, 15) is 9.18 Å². The van der Waals surface area contributed by atoms with Crippen LogP contribution in [0.5, 0.6) is 0 Å². The molecule has 4 heterocycles. The summed E-state index contributed by atoms with van der Waals surface area (Å²) in [4.78, 5) is 17.5. The number of amides is 1. The summed E-state index contributed by atoms with van der Waals surface area (Å²) in [5.74, 6) is 0.561. The molecule has 158 valence electrons. The maximum Gasteiger partial charge on any atom is 0.256 e. The molecule has 0 aliphatic heterocycles. The number of pyridine rings is 1. The van der Waals surface area contributed by atoms with E-state index < -0.39 is 0 Å². The van der Waals surface area contributed by atoms with Crippen LogP contribution in [0.25, 0.3) is 17.3 Å². The third-order valence-corrected chi connectivity index (χ3v) is 4.94. The lowest BCUT2D eigenvalue weighted by molar-refractivity contribution is 0.0951. The Morgan fingerprint density at radius 2 is 1.75 bits per heavy atom. The molecule has 0 saturated carbocycles. The Kier molecular flexibility index (Phi) is 5.04. The van der Waals surface area contributed by atoms with Crippen molar-refractivity contribution >= 4 is 5.91 Å². The third-order valence-electron chi connectivity index (χ3n) is 4.94. The highest BCUT2D eigenvalue weighted by atomic mass is 19.1. The Labute approximate surface area is 182 Å². The lowest BCUT2D eigenvalue weighted by atomic mass is 10.2. The molecule has 0 unspecified atom stereocenters. The molecule has 0 atom stereocenters. The number of hydrogen-bond donors (Lipinski definition) is 1. The van der Waals surface area contributed by atoms with E-state index in [1.54, 1.807) is 44.7 Å². The van der Waals surface area contributed by atoms with Crippen molar-refractivity contribution in [2.75, 3.05) is 0 Å². The van der Waals surface area contributed by atoms with Gasteiger partial charge in [-0.3, -0.25) is 4.79 Å². The second-order valence-corrected chi connectivity index (χ2v) is 6.98. The first-order chi connectivity index (χ1) is 15.7. The van der Waals surface area contributed by atoms with Crippen LogP contribution in [0.1, 0.15) is 15.9 Å². The van der Waals surface area contributed by atoms with Crippen molar-refractivity contribution in [3.05, 3.63) is 109 Å². The molecule has 0 radical (unpaired) electrons. The number of nitrogens with one attached hydrogen (secondary N) is 1. The lowest BCUT2D eigenvalue weighted by Gasteiger charge is -2.12. The summed E-state index contributed by atoms with van der Waals surface area (Å²) in [5, 5.41) is 11.6. The molecule has 0 aliphatic carbocycles. The van der Waals surface area contributed by atoms with Crippen molar-refractivity contribution in [1.29, 1.82) is 0 Å². The van der Waals surface area contributed by atoms with Crippen LogP contribution in [0.2, 0.25) is 0 Å². The normalized spacial score (nSPS) is 10.9. The maximum atomic E-state index is 13.4. The first-order valence-corrected chi connectivity index (χ1v) is 9.90. The number of aromatic nitrogens is 6. The van der Waals surface area contributed by atoms with E-state index in [0.717, 1.165) is 5.56 Å². The number of benzene rings is 1. The van der Waals surface area contributed by atoms with Gasteiger partial charge in [0.1, 0.15) is 11.4 Å². The van der Waals surface area contributed by atoms with Gasteiger partial charge in [-0.25, -0.2) is 18.7 Å². The fraction of sp³-hybridized carbons (Fsp3) is 0.0435. The summed E-state index contributed by atoms with van der Waals surface area (Å²) in [5.41, 5.74) is 1.84. The Hall–Kier alpha value is -4.53. The van der Waals surface area contributed by atoms with Gasteiger partial charge in [-0.2, -0.15) is 10.2 Å². The number of hydrogen-bond acceptors (Lipinski definition) is 4. The van der Waals surface area contributed by atoms with Gasteiger partial charge in [0.05, 0.1) is 11.9 Å². The van der Waals surface area contributed by atoms with E-state index in [2.05, 4.69) is 20.5 Å². The summed E-state index contributed by atoms with van der Waals surface area (Å²) in [7, 11) is 0. The van der Waals surface area contributed by atoms with Crippen LogP contribution in [0, 0.1) is 5.82 Å². The van der Waals surface area contributed by atoms with Gasteiger partial charge < -0.3 is 9.88 Å². The molecule has 5 rings (SSSR count). The molecule has 1 amide bonds. The molecule has 8 nitrogen and oxygen atoms in total. The van der Waals surface area contributed by atoms with Gasteiger partial charge in [0.15, 0.2) is 11.6 Å². The van der Waals surface area contributed by atoms with Crippen molar-refractivity contribution in [2.45, 2.75) is 6.54 Å². The van der Waals surface area contributed by atoms with Gasteiger partial charge in [0, 0.05) is 43.1 Å². The lowest BCUT2D eigenvalue weighted by Crippen LogP contribution is -2.25. The van der Waals surface area contributed by atoms with E-state index >= 15 is 0 Å². The largest absolute Gasteiger partial charge is 0.348 e. The van der Waals surface area contributed by atoms with Crippen molar-refractivity contribution in [3.8, 4) is 17.3 Å². The summed E-state index contributed by atoms with van der Waals surface area (Å²) in [6.07, 6.45) is 10.3. The molecular weight excluding hydrogens is 409 g/mol. The van der Waals surface area contributed by atoms with Crippen LogP contribution < -0.4 is 5.32 Å². The summed E-state index contributed by atoms with van der Waals surface area (Å²) < 4.78 is 18.4. The molecule has 4 aromatic heterocycles. The molecule has 0 aliphatic rings. The number of carbonyl (C=O) groups excluding carboxylic acids is 1. The minimum atomic E-state index is -0.342. The SMILES string of the molecule is O=C(NCc1cccnc1-n1cccn1)c1cnn(-c2ccc(F)cc2)c1-n1cccc1. The van der Waals surface area contributed by atoms with Gasteiger partial charge in [0.25, 0.3) is 5.91 Å². The second kappa shape index (κ2) is 8.31. The summed E-state index contributed by atoms with van der Waals surface area (Å²) >= 11 is 0. The molecule has 9 heteroatoms. The smallest absolute Gasteiger partial charge is 0.256 e. The Morgan fingerprint density at radius 3 is 2.50 bits per heavy atom. The number of rotatable bonds is 6. The molecule has 0 spiro atoms. The molecule has 0 fully saturated rings. The highest BCUT2D eigenvalue weighted by Crippen LogP contribution is 2.20. The fourth-order valence-corrected chi connectivity index (χ4v) is 3.44. The predicted octanol–water partition coefficient (Wildman–Crippen LogP) is 3.31. The van der Waals surface area contributed by atoms with E-state index in [4.69, 9.17) is 0 Å². The molecule has 5 aromatic rings. The van der Waals surface area contributed by atoms with E-state index in [0.29, 0.717) is 22.9 Å². The Balaban J connectivity index is 1.46. The van der Waals surface area contributed by atoms with Crippen LogP contribution in [-0.4, -0.2) is 35.0 Å². The fourth-order valence-electron chi connectivity index (χ4n) is 3.44. The molecule has 1 N–H and O–H groups in total. The molecular formula is C23H18FN7O. The van der Waals surface area contributed by atoms with E-state index in [1.165, 1.54) is 18.3 Å². The van der Waals surface area contributed by atoms with Crippen LogP contribution in [0.15, 0.2) is 91.8 Å². The Morgan fingerprint density at radius 1 is 0.938 bits per heavy atom. The van der Waals surface area contributed by atoms with Crippen LogP contribution in [0.3, 0.4) is 0 Å². The maximum absolute atomic E-state index is 13.4. The number of carbonyl (C=O) groups is 1. The van der Waals surface area contributed by atoms with Crippen LogP contribution in [-0.2, 0) is 6.54 Å². The highest BCUT2D eigenvalue weighted by Gasteiger charge is 2.20. The third kappa shape index (κ3) is 3.67. The van der Waals surface area contributed by atoms with Gasteiger partial charge in [0.2, 0.25) is 0 Å². The van der Waals surface area contributed by atoms with Crippen molar-refractivity contribution in [3.63, 3.8) is 0 Å². The zero-order chi connectivity index (χ0) is 21.9. The molecule has 1 aromatic carbocycles. The van der Waals surface area contributed by atoms with Gasteiger partial charge in [-0.15, -0.1) is 0 Å². The molecule has 32 heavy (non-hydrogen) atoms. The second-order valence-electron chi connectivity index (χ2n) is 6.98.